The van der Waals surface area contributed by atoms with Crippen molar-refractivity contribution in [3.8, 4) is 5.75 Å². The summed E-state index contributed by atoms with van der Waals surface area (Å²) in [5.41, 5.74) is 1.09. The highest BCUT2D eigenvalue weighted by molar-refractivity contribution is 5.87. The normalized spacial score (nSPS) is 16.2. The first kappa shape index (κ1) is 16.3. The van der Waals surface area contributed by atoms with Crippen molar-refractivity contribution in [1.29, 1.82) is 0 Å². The van der Waals surface area contributed by atoms with Gasteiger partial charge in [0.15, 0.2) is 5.75 Å². The number of aromatic carboxylic acids is 1. The summed E-state index contributed by atoms with van der Waals surface area (Å²) in [7, 11) is 0. The first-order chi connectivity index (χ1) is 11.4. The fourth-order valence-corrected chi connectivity index (χ4v) is 3.71. The molecule has 5 nitrogen and oxygen atoms in total. The van der Waals surface area contributed by atoms with Gasteiger partial charge in [0.25, 0.3) is 0 Å². The highest BCUT2D eigenvalue weighted by Crippen LogP contribution is 2.42. The fourth-order valence-electron chi connectivity index (χ4n) is 3.71. The van der Waals surface area contributed by atoms with E-state index in [0.29, 0.717) is 6.54 Å². The zero-order valence-electron chi connectivity index (χ0n) is 13.7. The van der Waals surface area contributed by atoms with Gasteiger partial charge in [-0.15, -0.1) is 0 Å². The van der Waals surface area contributed by atoms with E-state index < -0.39 is 22.7 Å². The van der Waals surface area contributed by atoms with Crippen LogP contribution in [0.5, 0.6) is 5.75 Å². The molecule has 1 aromatic heterocycles. The third-order valence-electron chi connectivity index (χ3n) is 5.00. The fraction of sp³-hybridized carbons (Fsp3) is 0.368. The third kappa shape index (κ3) is 2.94. The summed E-state index contributed by atoms with van der Waals surface area (Å²) in [5, 5.41) is 19.0. The molecular formula is C19H21NO4. The first-order valence-corrected chi connectivity index (χ1v) is 8.15. The number of pyridine rings is 1. The van der Waals surface area contributed by atoms with Crippen molar-refractivity contribution in [2.75, 3.05) is 0 Å². The minimum atomic E-state index is -1.32. The van der Waals surface area contributed by atoms with Gasteiger partial charge < -0.3 is 14.8 Å². The monoisotopic (exact) mass is 327 g/mol. The molecule has 24 heavy (non-hydrogen) atoms. The van der Waals surface area contributed by atoms with Crippen molar-refractivity contribution in [3.05, 3.63) is 63.6 Å². The van der Waals surface area contributed by atoms with E-state index in [0.717, 1.165) is 25.7 Å². The van der Waals surface area contributed by atoms with Crippen molar-refractivity contribution in [2.24, 2.45) is 0 Å². The Balaban J connectivity index is 2.02. The Morgan fingerprint density at radius 1 is 1.17 bits per heavy atom. The molecule has 0 bridgehead atoms. The zero-order chi connectivity index (χ0) is 17.3. The van der Waals surface area contributed by atoms with Gasteiger partial charge in [-0.05, 0) is 25.3 Å². The number of benzene rings is 1. The molecule has 0 aliphatic heterocycles. The molecule has 1 aromatic carbocycles. The van der Waals surface area contributed by atoms with Crippen LogP contribution in [0, 0.1) is 6.92 Å². The molecule has 3 rings (SSSR count). The maximum Gasteiger partial charge on any atom is 0.341 e. The number of hydrogen-bond donors (Lipinski definition) is 2. The molecular weight excluding hydrogens is 306 g/mol. The molecule has 0 radical (unpaired) electrons. The molecule has 5 heteroatoms. The summed E-state index contributed by atoms with van der Waals surface area (Å²) in [4.78, 5) is 23.0. The van der Waals surface area contributed by atoms with Crippen LogP contribution in [0.4, 0.5) is 0 Å². The van der Waals surface area contributed by atoms with E-state index in [1.165, 1.54) is 23.5 Å². The lowest BCUT2D eigenvalue weighted by Crippen LogP contribution is -2.29. The van der Waals surface area contributed by atoms with E-state index in [1.54, 1.807) is 4.57 Å². The smallest absolute Gasteiger partial charge is 0.341 e. The Hall–Kier alpha value is -2.56. The second kappa shape index (κ2) is 6.15. The molecule has 0 spiro atoms. The summed E-state index contributed by atoms with van der Waals surface area (Å²) in [6.45, 7) is 2.59. The molecule has 0 atom stereocenters. The minimum Gasteiger partial charge on any atom is -0.503 e. The number of rotatable bonds is 4. The number of carboxylic acids is 1. The maximum absolute atomic E-state index is 11.7. The minimum absolute atomic E-state index is 0.0923. The van der Waals surface area contributed by atoms with Crippen LogP contribution in [-0.4, -0.2) is 20.7 Å². The lowest BCUT2D eigenvalue weighted by Gasteiger charge is -2.31. The lowest BCUT2D eigenvalue weighted by atomic mass is 9.78. The van der Waals surface area contributed by atoms with E-state index in [-0.39, 0.29) is 5.41 Å². The summed E-state index contributed by atoms with van der Waals surface area (Å²) in [6, 6.07) is 8.42. The van der Waals surface area contributed by atoms with Crippen molar-refractivity contribution in [2.45, 2.75) is 44.6 Å². The second-order valence-electron chi connectivity index (χ2n) is 6.72. The highest BCUT2D eigenvalue weighted by atomic mass is 16.4. The summed E-state index contributed by atoms with van der Waals surface area (Å²) >= 11 is 0. The maximum atomic E-state index is 11.7. The van der Waals surface area contributed by atoms with Crippen LogP contribution < -0.4 is 5.43 Å². The van der Waals surface area contributed by atoms with Gasteiger partial charge in [-0.2, -0.15) is 0 Å². The third-order valence-corrected chi connectivity index (χ3v) is 5.00. The van der Waals surface area contributed by atoms with Crippen molar-refractivity contribution < 1.29 is 15.0 Å². The Labute approximate surface area is 140 Å². The van der Waals surface area contributed by atoms with Gasteiger partial charge >= 0.3 is 5.97 Å². The number of carbonyl (C=O) groups is 1. The molecule has 1 heterocycles. The van der Waals surface area contributed by atoms with Gasteiger partial charge in [0, 0.05) is 24.4 Å². The Bertz CT molecular complexity index is 814. The molecule has 2 N–H and O–H groups in total. The average molecular weight is 327 g/mol. The topological polar surface area (TPSA) is 79.5 Å². The van der Waals surface area contributed by atoms with Crippen molar-refractivity contribution >= 4 is 5.97 Å². The van der Waals surface area contributed by atoms with E-state index in [4.69, 9.17) is 5.11 Å². The number of nitrogens with zero attached hydrogens (tertiary/aromatic N) is 1. The van der Waals surface area contributed by atoms with Gasteiger partial charge in [-0.25, -0.2) is 4.79 Å². The molecule has 1 fully saturated rings. The van der Waals surface area contributed by atoms with E-state index in [2.05, 4.69) is 24.3 Å². The Morgan fingerprint density at radius 3 is 2.38 bits per heavy atom. The van der Waals surface area contributed by atoms with Crippen LogP contribution in [0.15, 0.2) is 41.5 Å². The Morgan fingerprint density at radius 2 is 1.79 bits per heavy atom. The van der Waals surface area contributed by atoms with Gasteiger partial charge in [-0.1, -0.05) is 42.7 Å². The number of hydrogen-bond acceptors (Lipinski definition) is 3. The molecule has 0 unspecified atom stereocenters. The van der Waals surface area contributed by atoms with Crippen LogP contribution in [0.25, 0.3) is 0 Å². The van der Waals surface area contributed by atoms with E-state index in [1.807, 2.05) is 6.92 Å². The van der Waals surface area contributed by atoms with Crippen LogP contribution in [0.1, 0.15) is 47.2 Å². The van der Waals surface area contributed by atoms with Crippen LogP contribution in [0.3, 0.4) is 0 Å². The van der Waals surface area contributed by atoms with Gasteiger partial charge in [-0.3, -0.25) is 4.79 Å². The van der Waals surface area contributed by atoms with Crippen LogP contribution in [0.2, 0.25) is 0 Å². The summed E-state index contributed by atoms with van der Waals surface area (Å²) < 4.78 is 1.64. The highest BCUT2D eigenvalue weighted by Gasteiger charge is 2.36. The first-order valence-electron chi connectivity index (χ1n) is 8.15. The van der Waals surface area contributed by atoms with Gasteiger partial charge in [0.2, 0.25) is 5.43 Å². The predicted octanol–water partition coefficient (Wildman–Crippen LogP) is 3.07. The molecule has 1 aliphatic rings. The standard InChI is InChI=1S/C19H21NO4/c1-13-4-6-14(7-5-13)19(8-2-3-9-19)12-20-10-15(18(23)24)17(22)16(21)11-20/h4-7,10-11,21H,2-3,8-9,12H2,1H3,(H,23,24). The van der Waals surface area contributed by atoms with Crippen molar-refractivity contribution in [1.82, 2.24) is 4.57 Å². The Kier molecular flexibility index (Phi) is 4.18. The quantitative estimate of drug-likeness (QED) is 0.904. The summed E-state index contributed by atoms with van der Waals surface area (Å²) in [5.74, 6) is -1.84. The van der Waals surface area contributed by atoms with E-state index >= 15 is 0 Å². The van der Waals surface area contributed by atoms with Gasteiger partial charge in [0.05, 0.1) is 0 Å². The van der Waals surface area contributed by atoms with E-state index in [9.17, 15) is 14.7 Å². The number of aromatic hydroxyl groups is 1. The molecule has 1 saturated carbocycles. The van der Waals surface area contributed by atoms with Crippen LogP contribution >= 0.6 is 0 Å². The molecule has 1 aliphatic carbocycles. The summed E-state index contributed by atoms with van der Waals surface area (Å²) in [6.07, 6.45) is 6.91. The zero-order valence-corrected chi connectivity index (χ0v) is 13.7. The van der Waals surface area contributed by atoms with Crippen LogP contribution in [-0.2, 0) is 12.0 Å². The SMILES string of the molecule is Cc1ccc(C2(Cn3cc(O)c(=O)c(C(=O)O)c3)CCCC2)cc1. The second-order valence-corrected chi connectivity index (χ2v) is 6.72. The molecule has 0 amide bonds. The van der Waals surface area contributed by atoms with Crippen molar-refractivity contribution in [3.63, 3.8) is 0 Å². The number of aryl methyl sites for hydroxylation is 1. The predicted molar refractivity (Wildman–Crippen MR) is 90.7 cm³/mol. The largest absolute Gasteiger partial charge is 0.503 e. The number of carboxylic acid groups (broad SMARTS) is 1. The van der Waals surface area contributed by atoms with Gasteiger partial charge in [0.1, 0.15) is 5.56 Å². The molecule has 0 saturated heterocycles. The lowest BCUT2D eigenvalue weighted by molar-refractivity contribution is 0.0693. The molecule has 126 valence electrons. The molecule has 2 aromatic rings. The number of aromatic nitrogens is 1. The average Bonchev–Trinajstić information content (AvgIpc) is 3.00.